The van der Waals surface area contributed by atoms with Crippen LogP contribution in [0.1, 0.15) is 0 Å². The maximum Gasteiger partial charge on any atom is 0.310 e. The van der Waals surface area contributed by atoms with Gasteiger partial charge in [0.2, 0.25) is 0 Å². The maximum absolute atomic E-state index is 11.6. The molecule has 0 bridgehead atoms. The van der Waals surface area contributed by atoms with Crippen LogP contribution in [0.3, 0.4) is 0 Å². The molecule has 0 aliphatic heterocycles. The normalized spacial score (nSPS) is 9.88. The first kappa shape index (κ1) is 19.2. The van der Waals surface area contributed by atoms with E-state index in [1.807, 2.05) is 0 Å². The smallest absolute Gasteiger partial charge is 0.310 e. The van der Waals surface area contributed by atoms with E-state index in [1.54, 1.807) is 30.3 Å². The first-order chi connectivity index (χ1) is 12.5. The fourth-order valence-corrected chi connectivity index (χ4v) is 2.03. The number of hydrogen-bond acceptors (Lipinski definition) is 6. The lowest BCUT2D eigenvalue weighted by molar-refractivity contribution is -0.385. The molecule has 2 rings (SSSR count). The highest BCUT2D eigenvalue weighted by Crippen LogP contribution is 2.25. The van der Waals surface area contributed by atoms with E-state index in [-0.39, 0.29) is 18.0 Å². The number of rotatable bonds is 7. The summed E-state index contributed by atoms with van der Waals surface area (Å²) in [6.45, 7) is -0.800. The van der Waals surface area contributed by atoms with Crippen LogP contribution >= 0.6 is 15.9 Å². The number of nitrogens with one attached hydrogen (secondary N) is 2. The summed E-state index contributed by atoms with van der Waals surface area (Å²) in [4.78, 5) is 33.5. The second kappa shape index (κ2) is 9.37. The number of halogens is 1. The molecule has 0 saturated heterocycles. The minimum Gasteiger partial charge on any atom is -0.484 e. The van der Waals surface area contributed by atoms with Crippen LogP contribution in [0.5, 0.6) is 11.5 Å². The summed E-state index contributed by atoms with van der Waals surface area (Å²) in [7, 11) is 0. The Balaban J connectivity index is 1.72. The quantitative estimate of drug-likeness (QED) is 0.518. The molecule has 0 heterocycles. The van der Waals surface area contributed by atoms with Crippen molar-refractivity contribution in [3.05, 3.63) is 63.1 Å². The van der Waals surface area contributed by atoms with E-state index in [2.05, 4.69) is 26.8 Å². The number of carbonyl (C=O) groups excluding carboxylic acids is 2. The van der Waals surface area contributed by atoms with Crippen LogP contribution in [0.2, 0.25) is 0 Å². The standard InChI is InChI=1S/C16H14BrN3O6/c17-11-5-7-12(8-6-11)25-9-15(21)18-19-16(22)10-26-14-4-2-1-3-13(14)20(23)24/h1-8H,9-10H2,(H,18,21)(H,19,22). The Morgan fingerprint density at radius 3 is 2.15 bits per heavy atom. The molecule has 26 heavy (non-hydrogen) atoms. The number of hydrogen-bond donors (Lipinski definition) is 2. The van der Waals surface area contributed by atoms with Crippen molar-refractivity contribution in [3.8, 4) is 11.5 Å². The molecule has 2 aromatic carbocycles. The van der Waals surface area contributed by atoms with Crippen molar-refractivity contribution < 1.29 is 24.0 Å². The lowest BCUT2D eigenvalue weighted by Crippen LogP contribution is -2.45. The van der Waals surface area contributed by atoms with Crippen molar-refractivity contribution in [1.29, 1.82) is 0 Å². The molecular formula is C16H14BrN3O6. The van der Waals surface area contributed by atoms with Gasteiger partial charge in [-0.25, -0.2) is 0 Å². The highest BCUT2D eigenvalue weighted by Gasteiger charge is 2.15. The number of carbonyl (C=O) groups is 2. The lowest BCUT2D eigenvalue weighted by Gasteiger charge is -2.10. The highest BCUT2D eigenvalue weighted by atomic mass is 79.9. The van der Waals surface area contributed by atoms with Crippen molar-refractivity contribution in [2.24, 2.45) is 0 Å². The van der Waals surface area contributed by atoms with Gasteiger partial charge in [-0.1, -0.05) is 28.1 Å². The van der Waals surface area contributed by atoms with E-state index in [9.17, 15) is 19.7 Å². The van der Waals surface area contributed by atoms with Crippen LogP contribution in [0.25, 0.3) is 0 Å². The van der Waals surface area contributed by atoms with Gasteiger partial charge in [-0.3, -0.25) is 30.6 Å². The Labute approximate surface area is 156 Å². The summed E-state index contributed by atoms with van der Waals surface area (Å²) in [6, 6.07) is 12.5. The van der Waals surface area contributed by atoms with Crippen molar-refractivity contribution in [2.45, 2.75) is 0 Å². The van der Waals surface area contributed by atoms with Crippen molar-refractivity contribution in [2.75, 3.05) is 13.2 Å². The molecule has 0 unspecified atom stereocenters. The van der Waals surface area contributed by atoms with Gasteiger partial charge in [0, 0.05) is 10.5 Å². The van der Waals surface area contributed by atoms with E-state index in [0.29, 0.717) is 5.75 Å². The van der Waals surface area contributed by atoms with Gasteiger partial charge in [-0.05, 0) is 30.3 Å². The number of ether oxygens (including phenoxy) is 2. The minimum absolute atomic E-state index is 0.0439. The Kier molecular flexibility index (Phi) is 6.92. The average molecular weight is 424 g/mol. The first-order valence-electron chi connectivity index (χ1n) is 7.28. The predicted octanol–water partition coefficient (Wildman–Crippen LogP) is 1.96. The van der Waals surface area contributed by atoms with E-state index in [4.69, 9.17) is 9.47 Å². The number of nitrogens with zero attached hydrogens (tertiary/aromatic N) is 1. The summed E-state index contributed by atoms with van der Waals surface area (Å²) in [5.41, 5.74) is 4.02. The number of para-hydroxylation sites is 2. The third-order valence-corrected chi connectivity index (χ3v) is 3.47. The van der Waals surface area contributed by atoms with Gasteiger partial charge in [0.1, 0.15) is 5.75 Å². The van der Waals surface area contributed by atoms with E-state index in [1.165, 1.54) is 18.2 Å². The van der Waals surface area contributed by atoms with Gasteiger partial charge >= 0.3 is 5.69 Å². The SMILES string of the molecule is O=C(COc1ccc(Br)cc1)NNC(=O)COc1ccccc1[N+](=O)[O-]. The molecule has 0 aromatic heterocycles. The number of nitro groups is 1. The molecular weight excluding hydrogens is 410 g/mol. The second-order valence-corrected chi connectivity index (χ2v) is 5.77. The Hall–Kier alpha value is -3.14. The molecule has 0 radical (unpaired) electrons. The third-order valence-electron chi connectivity index (χ3n) is 2.95. The fourth-order valence-electron chi connectivity index (χ4n) is 1.76. The third kappa shape index (κ3) is 6.06. The molecule has 0 atom stereocenters. The van der Waals surface area contributed by atoms with Gasteiger partial charge in [0.15, 0.2) is 19.0 Å². The van der Waals surface area contributed by atoms with Crippen molar-refractivity contribution >= 4 is 33.4 Å². The summed E-state index contributed by atoms with van der Waals surface area (Å²) >= 11 is 3.28. The van der Waals surface area contributed by atoms with Crippen LogP contribution in [0.4, 0.5) is 5.69 Å². The van der Waals surface area contributed by atoms with Gasteiger partial charge in [0.05, 0.1) is 4.92 Å². The zero-order chi connectivity index (χ0) is 18.9. The first-order valence-corrected chi connectivity index (χ1v) is 8.07. The van der Waals surface area contributed by atoms with E-state index >= 15 is 0 Å². The Bertz CT molecular complexity index is 797. The second-order valence-electron chi connectivity index (χ2n) is 4.85. The fraction of sp³-hybridized carbons (Fsp3) is 0.125. The van der Waals surface area contributed by atoms with Gasteiger partial charge in [-0.15, -0.1) is 0 Å². The summed E-state index contributed by atoms with van der Waals surface area (Å²) < 4.78 is 11.2. The van der Waals surface area contributed by atoms with Gasteiger partial charge in [-0.2, -0.15) is 0 Å². The van der Waals surface area contributed by atoms with Gasteiger partial charge in [0.25, 0.3) is 11.8 Å². The molecule has 0 fully saturated rings. The number of hydrazine groups is 1. The molecule has 10 heteroatoms. The molecule has 136 valence electrons. The predicted molar refractivity (Wildman–Crippen MR) is 94.5 cm³/mol. The molecule has 0 aliphatic rings. The Morgan fingerprint density at radius 1 is 0.962 bits per heavy atom. The molecule has 0 saturated carbocycles. The lowest BCUT2D eigenvalue weighted by atomic mass is 10.3. The maximum atomic E-state index is 11.6. The molecule has 2 amide bonds. The molecule has 2 aromatic rings. The van der Waals surface area contributed by atoms with E-state index in [0.717, 1.165) is 4.47 Å². The van der Waals surface area contributed by atoms with Crippen molar-refractivity contribution in [3.63, 3.8) is 0 Å². The summed E-state index contributed by atoms with van der Waals surface area (Å²) in [5.74, 6) is -0.806. The van der Waals surface area contributed by atoms with Crippen LogP contribution in [0.15, 0.2) is 53.0 Å². The Morgan fingerprint density at radius 2 is 1.54 bits per heavy atom. The monoisotopic (exact) mass is 423 g/mol. The molecule has 0 aliphatic carbocycles. The molecule has 9 nitrogen and oxygen atoms in total. The average Bonchev–Trinajstić information content (AvgIpc) is 2.64. The van der Waals surface area contributed by atoms with E-state index < -0.39 is 23.3 Å². The van der Waals surface area contributed by atoms with Crippen LogP contribution < -0.4 is 20.3 Å². The summed E-state index contributed by atoms with van der Waals surface area (Å²) in [5, 5.41) is 10.8. The topological polar surface area (TPSA) is 120 Å². The zero-order valence-electron chi connectivity index (χ0n) is 13.3. The number of nitro benzene ring substituents is 1. The van der Waals surface area contributed by atoms with Crippen LogP contribution in [-0.2, 0) is 9.59 Å². The van der Waals surface area contributed by atoms with Crippen molar-refractivity contribution in [1.82, 2.24) is 10.9 Å². The zero-order valence-corrected chi connectivity index (χ0v) is 14.9. The number of amides is 2. The molecule has 0 spiro atoms. The highest BCUT2D eigenvalue weighted by molar-refractivity contribution is 9.10. The number of benzene rings is 2. The van der Waals surface area contributed by atoms with Crippen LogP contribution in [-0.4, -0.2) is 30.0 Å². The van der Waals surface area contributed by atoms with Crippen LogP contribution in [0, 0.1) is 10.1 Å². The molecule has 2 N–H and O–H groups in total. The summed E-state index contributed by atoms with van der Waals surface area (Å²) in [6.07, 6.45) is 0. The van der Waals surface area contributed by atoms with Gasteiger partial charge < -0.3 is 9.47 Å². The largest absolute Gasteiger partial charge is 0.484 e. The minimum atomic E-state index is -0.680.